The molecule has 1 aliphatic rings. The van der Waals surface area contributed by atoms with E-state index in [-0.39, 0.29) is 0 Å². The summed E-state index contributed by atoms with van der Waals surface area (Å²) in [4.78, 5) is 0. The summed E-state index contributed by atoms with van der Waals surface area (Å²) in [6, 6.07) is 0. The summed E-state index contributed by atoms with van der Waals surface area (Å²) in [5, 5.41) is 94.9. The maximum atomic E-state index is 9.98. The number of ether oxygens (including phenoxy) is 1. The first-order valence-electron chi connectivity index (χ1n) is 6.99. The van der Waals surface area contributed by atoms with E-state index < -0.39 is 74.3 Å². The minimum atomic E-state index is -2.13. The first-order chi connectivity index (χ1) is 10.7. The van der Waals surface area contributed by atoms with Crippen LogP contribution in [-0.2, 0) is 4.74 Å². The van der Waals surface area contributed by atoms with Gasteiger partial charge in [0.2, 0.25) is 0 Å². The summed E-state index contributed by atoms with van der Waals surface area (Å²) in [5.74, 6) is 0. The third kappa shape index (κ3) is 4.35. The van der Waals surface area contributed by atoms with Gasteiger partial charge in [0.25, 0.3) is 0 Å². The molecule has 23 heavy (non-hydrogen) atoms. The van der Waals surface area contributed by atoms with Gasteiger partial charge in [0.05, 0.1) is 13.2 Å². The second kappa shape index (κ2) is 8.60. The minimum Gasteiger partial charge on any atom is -0.394 e. The highest BCUT2D eigenvalue weighted by atomic mass is 16.6. The zero-order valence-corrected chi connectivity index (χ0v) is 12.1. The van der Waals surface area contributed by atoms with Gasteiger partial charge >= 0.3 is 0 Å². The second-order valence-electron chi connectivity index (χ2n) is 5.51. The highest BCUT2D eigenvalue weighted by Crippen LogP contribution is 2.25. The van der Waals surface area contributed by atoms with Gasteiger partial charge in [-0.3, -0.25) is 0 Å². The summed E-state index contributed by atoms with van der Waals surface area (Å²) in [6.45, 7) is -1.67. The summed E-state index contributed by atoms with van der Waals surface area (Å²) < 4.78 is 5.01. The zero-order valence-electron chi connectivity index (χ0n) is 12.1. The quantitative estimate of drug-likeness (QED) is 0.210. The molecule has 0 spiro atoms. The Morgan fingerprint density at radius 1 is 0.739 bits per heavy atom. The van der Waals surface area contributed by atoms with E-state index in [0.717, 1.165) is 0 Å². The molecular formula is C12H24O11. The van der Waals surface area contributed by atoms with Crippen molar-refractivity contribution in [3.8, 4) is 0 Å². The van der Waals surface area contributed by atoms with Crippen LogP contribution in [0.5, 0.6) is 0 Å². The molecule has 11 nitrogen and oxygen atoms in total. The SMILES string of the molecule is OC[C@@H](O)[C@@H](O)[C@H](O)[C@@H](O)C(O)[C@@H]1O[C@H](CO)[C@@H](O)[C@H](O)[C@H]1O. The molecule has 0 aromatic rings. The number of hydrogen-bond acceptors (Lipinski definition) is 11. The molecule has 1 rings (SSSR count). The van der Waals surface area contributed by atoms with Crippen LogP contribution in [0.15, 0.2) is 0 Å². The average Bonchev–Trinajstić information content (AvgIpc) is 2.56. The van der Waals surface area contributed by atoms with Crippen molar-refractivity contribution in [1.29, 1.82) is 0 Å². The smallest absolute Gasteiger partial charge is 0.115 e. The Balaban J connectivity index is 2.83. The van der Waals surface area contributed by atoms with E-state index in [0.29, 0.717) is 0 Å². The molecule has 1 fully saturated rings. The Hall–Kier alpha value is -0.440. The predicted molar refractivity (Wildman–Crippen MR) is 70.9 cm³/mol. The van der Waals surface area contributed by atoms with Crippen LogP contribution in [0, 0.1) is 0 Å². The lowest BCUT2D eigenvalue weighted by atomic mass is 9.88. The van der Waals surface area contributed by atoms with Crippen LogP contribution in [0.1, 0.15) is 0 Å². The van der Waals surface area contributed by atoms with Crippen LogP contribution in [0.3, 0.4) is 0 Å². The van der Waals surface area contributed by atoms with Crippen molar-refractivity contribution < 1.29 is 55.8 Å². The molecule has 0 radical (unpaired) electrons. The lowest BCUT2D eigenvalue weighted by molar-refractivity contribution is -0.264. The molecule has 0 saturated carbocycles. The molecule has 0 bridgehead atoms. The van der Waals surface area contributed by atoms with E-state index in [1.54, 1.807) is 0 Å². The minimum absolute atomic E-state index is 0.751. The van der Waals surface area contributed by atoms with Gasteiger partial charge < -0.3 is 55.8 Å². The lowest BCUT2D eigenvalue weighted by Gasteiger charge is -2.43. The first-order valence-corrected chi connectivity index (χ1v) is 6.99. The standard InChI is InChI=1S/C12H24O11/c13-1-3(15)5(16)7(18)9(20)11(22)12-10(21)8(19)6(17)4(2-14)23-12/h3-22H,1-2H2/t3-,4-,5-,6-,7+,8+,9-,10-,11?,12-/m1/s1. The fourth-order valence-electron chi connectivity index (χ4n) is 2.35. The molecule has 11 heteroatoms. The van der Waals surface area contributed by atoms with Crippen molar-refractivity contribution in [2.75, 3.05) is 13.2 Å². The van der Waals surface area contributed by atoms with E-state index in [9.17, 15) is 40.9 Å². The number of aliphatic hydroxyl groups is 10. The molecule has 0 aromatic carbocycles. The van der Waals surface area contributed by atoms with Crippen LogP contribution in [0.25, 0.3) is 0 Å². The molecular weight excluding hydrogens is 320 g/mol. The zero-order chi connectivity index (χ0) is 17.9. The van der Waals surface area contributed by atoms with Crippen molar-refractivity contribution in [1.82, 2.24) is 0 Å². The summed E-state index contributed by atoms with van der Waals surface area (Å²) in [7, 11) is 0. The van der Waals surface area contributed by atoms with Gasteiger partial charge in [-0.15, -0.1) is 0 Å². The van der Waals surface area contributed by atoms with Crippen LogP contribution < -0.4 is 0 Å². The van der Waals surface area contributed by atoms with Crippen molar-refractivity contribution in [2.24, 2.45) is 0 Å². The Morgan fingerprint density at radius 3 is 1.78 bits per heavy atom. The summed E-state index contributed by atoms with van der Waals surface area (Å²) >= 11 is 0. The van der Waals surface area contributed by atoms with Gasteiger partial charge in [-0.2, -0.15) is 0 Å². The largest absolute Gasteiger partial charge is 0.394 e. The van der Waals surface area contributed by atoms with Crippen molar-refractivity contribution in [3.05, 3.63) is 0 Å². The van der Waals surface area contributed by atoms with E-state index in [1.807, 2.05) is 0 Å². The third-order valence-electron chi connectivity index (χ3n) is 3.90. The maximum absolute atomic E-state index is 9.98. The topological polar surface area (TPSA) is 212 Å². The molecule has 1 heterocycles. The van der Waals surface area contributed by atoms with Crippen molar-refractivity contribution in [2.45, 2.75) is 61.0 Å². The van der Waals surface area contributed by atoms with Crippen LogP contribution >= 0.6 is 0 Å². The molecule has 1 aliphatic heterocycles. The van der Waals surface area contributed by atoms with E-state index in [1.165, 1.54) is 0 Å². The number of aliphatic hydroxyl groups excluding tert-OH is 10. The molecule has 0 aromatic heterocycles. The molecule has 0 amide bonds. The van der Waals surface area contributed by atoms with Gasteiger partial charge in [-0.05, 0) is 0 Å². The molecule has 1 saturated heterocycles. The number of hydrogen-bond donors (Lipinski definition) is 10. The predicted octanol–water partition coefficient (Wildman–Crippen LogP) is -6.37. The fraction of sp³-hybridized carbons (Fsp3) is 1.00. The molecule has 1 unspecified atom stereocenters. The Kier molecular flexibility index (Phi) is 7.70. The van der Waals surface area contributed by atoms with Crippen molar-refractivity contribution in [3.63, 3.8) is 0 Å². The molecule has 0 aliphatic carbocycles. The van der Waals surface area contributed by atoms with Gasteiger partial charge in [-0.25, -0.2) is 0 Å². The summed E-state index contributed by atoms with van der Waals surface area (Å²) in [6.07, 6.45) is -18.4. The highest BCUT2D eigenvalue weighted by molar-refractivity contribution is 4.98. The van der Waals surface area contributed by atoms with E-state index in [4.69, 9.17) is 14.9 Å². The van der Waals surface area contributed by atoms with Gasteiger partial charge in [-0.1, -0.05) is 0 Å². The second-order valence-corrected chi connectivity index (χ2v) is 5.51. The fourth-order valence-corrected chi connectivity index (χ4v) is 2.35. The monoisotopic (exact) mass is 344 g/mol. The normalized spacial score (nSPS) is 38.6. The Bertz CT molecular complexity index is 354. The van der Waals surface area contributed by atoms with Crippen LogP contribution in [0.2, 0.25) is 0 Å². The number of rotatable bonds is 7. The van der Waals surface area contributed by atoms with Crippen LogP contribution in [0.4, 0.5) is 0 Å². The lowest BCUT2D eigenvalue weighted by Crippen LogP contribution is -2.64. The van der Waals surface area contributed by atoms with Gasteiger partial charge in [0.15, 0.2) is 0 Å². The highest BCUT2D eigenvalue weighted by Gasteiger charge is 2.49. The Morgan fingerprint density at radius 2 is 1.30 bits per heavy atom. The molecule has 10 N–H and O–H groups in total. The van der Waals surface area contributed by atoms with Crippen LogP contribution in [-0.4, -0.2) is 125 Å². The van der Waals surface area contributed by atoms with Crippen molar-refractivity contribution >= 4 is 0 Å². The van der Waals surface area contributed by atoms with Gasteiger partial charge in [0, 0.05) is 0 Å². The maximum Gasteiger partial charge on any atom is 0.115 e. The first kappa shape index (κ1) is 20.6. The molecule has 10 atom stereocenters. The summed E-state index contributed by atoms with van der Waals surface area (Å²) in [5.41, 5.74) is 0. The average molecular weight is 344 g/mol. The van der Waals surface area contributed by atoms with E-state index in [2.05, 4.69) is 0 Å². The molecule has 138 valence electrons. The van der Waals surface area contributed by atoms with E-state index >= 15 is 0 Å². The Labute approximate surface area is 131 Å². The third-order valence-corrected chi connectivity index (χ3v) is 3.90. The van der Waals surface area contributed by atoms with Gasteiger partial charge in [0.1, 0.15) is 61.0 Å².